The molecule has 0 spiro atoms. The van der Waals surface area contributed by atoms with Crippen LogP contribution in [-0.2, 0) is 22.0 Å². The van der Waals surface area contributed by atoms with E-state index >= 15 is 0 Å². The molecular weight excluding hydrogens is 601 g/mol. The van der Waals surface area contributed by atoms with Crippen LogP contribution in [0, 0.1) is 5.41 Å². The van der Waals surface area contributed by atoms with Crippen LogP contribution < -0.4 is 5.56 Å². The van der Waals surface area contributed by atoms with E-state index in [-0.39, 0.29) is 28.2 Å². The Labute approximate surface area is 281 Å². The van der Waals surface area contributed by atoms with Crippen LogP contribution in [0.5, 0.6) is 0 Å². The summed E-state index contributed by atoms with van der Waals surface area (Å²) in [5.74, 6) is 0.669. The maximum Gasteiger partial charge on any atom is 0.259 e. The zero-order chi connectivity index (χ0) is 33.2. The Kier molecular flexibility index (Phi) is 9.93. The molecule has 2 heterocycles. The molecule has 2 saturated carbocycles. The molecule has 47 heavy (non-hydrogen) atoms. The van der Waals surface area contributed by atoms with Gasteiger partial charge in [-0.05, 0) is 79.8 Å². The quantitative estimate of drug-likeness (QED) is 0.143. The van der Waals surface area contributed by atoms with Crippen LogP contribution in [0.1, 0.15) is 102 Å². The molecule has 0 unspecified atom stereocenters. The highest BCUT2D eigenvalue weighted by atomic mass is 28.4. The molecule has 0 radical (unpaired) electrons. The molecule has 0 saturated heterocycles. The lowest BCUT2D eigenvalue weighted by molar-refractivity contribution is -0.0784. The summed E-state index contributed by atoms with van der Waals surface area (Å²) in [5, 5.41) is 4.85. The number of rotatable bonds is 12. The number of aromatic nitrogens is 4. The molecule has 0 amide bonds. The Balaban J connectivity index is 1.16. The van der Waals surface area contributed by atoms with Gasteiger partial charge in [0.15, 0.2) is 8.32 Å². The lowest BCUT2D eigenvalue weighted by Crippen LogP contribution is -2.47. The Bertz CT molecular complexity index is 1690. The molecule has 2 fully saturated rings. The number of fused-ring (bicyclic) bond motifs is 1. The van der Waals surface area contributed by atoms with Gasteiger partial charge in [0.1, 0.15) is 6.33 Å². The van der Waals surface area contributed by atoms with Gasteiger partial charge in [-0.3, -0.25) is 9.36 Å². The molecular formula is C39H54N4O3Si. The van der Waals surface area contributed by atoms with Crippen LogP contribution in [0.2, 0.25) is 18.1 Å². The van der Waals surface area contributed by atoms with Gasteiger partial charge in [-0.15, -0.1) is 0 Å². The van der Waals surface area contributed by atoms with Crippen molar-refractivity contribution in [2.75, 3.05) is 13.2 Å². The van der Waals surface area contributed by atoms with Crippen molar-refractivity contribution < 1.29 is 9.16 Å². The minimum atomic E-state index is -1.79. The van der Waals surface area contributed by atoms with E-state index in [0.29, 0.717) is 12.2 Å². The second kappa shape index (κ2) is 13.8. The van der Waals surface area contributed by atoms with E-state index in [9.17, 15) is 4.79 Å². The lowest BCUT2D eigenvalue weighted by atomic mass is 9.70. The van der Waals surface area contributed by atoms with E-state index in [2.05, 4.69) is 99.4 Å². The van der Waals surface area contributed by atoms with E-state index in [1.54, 1.807) is 6.33 Å². The summed E-state index contributed by atoms with van der Waals surface area (Å²) in [6.45, 7) is 15.4. The summed E-state index contributed by atoms with van der Waals surface area (Å²) in [6, 6.07) is 19.1. The molecule has 0 atom stereocenters. The van der Waals surface area contributed by atoms with Gasteiger partial charge in [-0.2, -0.15) is 10.1 Å². The van der Waals surface area contributed by atoms with Crippen molar-refractivity contribution in [3.63, 3.8) is 0 Å². The zero-order valence-electron chi connectivity index (χ0n) is 29.4. The smallest absolute Gasteiger partial charge is 0.259 e. The first kappa shape index (κ1) is 33.8. The monoisotopic (exact) mass is 654 g/mol. The summed E-state index contributed by atoms with van der Waals surface area (Å²) in [4.78, 5) is 19.0. The normalized spacial score (nSPS) is 20.0. The van der Waals surface area contributed by atoms with Gasteiger partial charge in [0.05, 0.1) is 18.4 Å². The molecule has 252 valence electrons. The largest absolute Gasteiger partial charge is 0.416 e. The first-order valence-corrected chi connectivity index (χ1v) is 20.8. The van der Waals surface area contributed by atoms with Crippen LogP contribution in [-0.4, -0.2) is 46.8 Å². The van der Waals surface area contributed by atoms with Crippen molar-refractivity contribution in [1.82, 2.24) is 19.2 Å². The maximum atomic E-state index is 14.4. The molecule has 2 aliphatic rings. The van der Waals surface area contributed by atoms with Crippen LogP contribution in [0.15, 0.2) is 65.7 Å². The van der Waals surface area contributed by atoms with Gasteiger partial charge in [0.25, 0.3) is 5.56 Å². The van der Waals surface area contributed by atoms with Gasteiger partial charge >= 0.3 is 0 Å². The predicted molar refractivity (Wildman–Crippen MR) is 193 cm³/mol. The fourth-order valence-corrected chi connectivity index (χ4v) is 8.15. The van der Waals surface area contributed by atoms with Crippen molar-refractivity contribution in [3.05, 3.63) is 88.1 Å². The Morgan fingerprint density at radius 3 is 2.23 bits per heavy atom. The second-order valence-corrected chi connectivity index (χ2v) is 20.5. The van der Waals surface area contributed by atoms with Gasteiger partial charge in [-0.1, -0.05) is 95.1 Å². The average Bonchev–Trinajstić information content (AvgIpc) is 3.52. The van der Waals surface area contributed by atoms with Crippen LogP contribution in [0.25, 0.3) is 16.9 Å². The molecule has 2 aliphatic carbocycles. The third-order valence-electron chi connectivity index (χ3n) is 11.3. The first-order valence-electron chi connectivity index (χ1n) is 17.9. The summed E-state index contributed by atoms with van der Waals surface area (Å²) >= 11 is 0. The summed E-state index contributed by atoms with van der Waals surface area (Å²) in [6.07, 6.45) is 11.5. The highest BCUT2D eigenvalue weighted by Gasteiger charge is 2.43. The Hall–Kier alpha value is -3.07. The van der Waals surface area contributed by atoms with Crippen molar-refractivity contribution in [1.29, 1.82) is 0 Å². The Morgan fingerprint density at radius 2 is 1.62 bits per heavy atom. The molecule has 0 aliphatic heterocycles. The summed E-state index contributed by atoms with van der Waals surface area (Å²) < 4.78 is 17.2. The highest BCUT2D eigenvalue weighted by Crippen LogP contribution is 2.45. The lowest BCUT2D eigenvalue weighted by Gasteiger charge is -2.46. The minimum absolute atomic E-state index is 0.0849. The van der Waals surface area contributed by atoms with E-state index in [1.807, 2.05) is 15.1 Å². The van der Waals surface area contributed by atoms with Crippen molar-refractivity contribution >= 4 is 14.1 Å². The number of nitrogens with zero attached hydrogens (tertiary/aromatic N) is 4. The predicted octanol–water partition coefficient (Wildman–Crippen LogP) is 8.79. The highest BCUT2D eigenvalue weighted by molar-refractivity contribution is 6.74. The topological polar surface area (TPSA) is 70.7 Å². The first-order chi connectivity index (χ1) is 22.5. The van der Waals surface area contributed by atoms with Gasteiger partial charge in [0, 0.05) is 30.0 Å². The van der Waals surface area contributed by atoms with E-state index < -0.39 is 8.32 Å². The van der Waals surface area contributed by atoms with Gasteiger partial charge < -0.3 is 9.16 Å². The zero-order valence-corrected chi connectivity index (χ0v) is 30.4. The maximum absolute atomic E-state index is 14.4. The molecule has 0 N–H and O–H groups in total. The third-order valence-corrected chi connectivity index (χ3v) is 15.8. The molecule has 6 rings (SSSR count). The van der Waals surface area contributed by atoms with Crippen molar-refractivity contribution in [3.8, 4) is 11.1 Å². The van der Waals surface area contributed by atoms with Crippen LogP contribution in [0.3, 0.4) is 0 Å². The molecule has 2 aromatic carbocycles. The van der Waals surface area contributed by atoms with Gasteiger partial charge in [-0.25, -0.2) is 4.52 Å². The SMILES string of the molecule is CCCc1c(Cc2ccc(-c3ccccc3)cc2)c(=O)n(C2CCC(OCC3(CO[Si](C)(C)C(C)(C)C)CCC3)CC2)c2ncnn12. The standard InChI is InChI=1S/C39H54N4O3Si/c1-7-12-35-34(25-29-15-17-31(18-16-29)30-13-9-8-10-14-30)36(44)42(37-40-28-41-43(35)37)32-19-21-33(22-20-32)45-26-39(23-11-24-39)27-46-47(5,6)38(2,3)4/h8-10,13-18,28,32-33H,7,11-12,19-27H2,1-6H3. The molecule has 2 aromatic heterocycles. The summed E-state index contributed by atoms with van der Waals surface area (Å²) in [5.41, 5.74) is 5.57. The number of ether oxygens (including phenoxy) is 1. The molecule has 4 aromatic rings. The number of hydrogen-bond acceptors (Lipinski definition) is 5. The van der Waals surface area contributed by atoms with Gasteiger partial charge in [0.2, 0.25) is 5.78 Å². The van der Waals surface area contributed by atoms with Crippen molar-refractivity contribution in [2.24, 2.45) is 5.41 Å². The molecule has 0 bridgehead atoms. The van der Waals surface area contributed by atoms with E-state index in [4.69, 9.17) is 9.16 Å². The van der Waals surface area contributed by atoms with E-state index in [1.165, 1.54) is 30.4 Å². The minimum Gasteiger partial charge on any atom is -0.416 e. The number of aryl methyl sites for hydroxylation is 1. The fourth-order valence-electron chi connectivity index (χ4n) is 7.05. The molecule has 7 nitrogen and oxygen atoms in total. The van der Waals surface area contributed by atoms with Crippen molar-refractivity contribution in [2.45, 2.75) is 122 Å². The average molecular weight is 655 g/mol. The van der Waals surface area contributed by atoms with Crippen LogP contribution >= 0.6 is 0 Å². The second-order valence-electron chi connectivity index (χ2n) is 15.7. The van der Waals surface area contributed by atoms with E-state index in [0.717, 1.165) is 68.6 Å². The fraction of sp³-hybridized carbons (Fsp3) is 0.564. The number of hydrogen-bond donors (Lipinski definition) is 0. The number of benzene rings is 2. The van der Waals surface area contributed by atoms with Crippen LogP contribution in [0.4, 0.5) is 0 Å². The summed E-state index contributed by atoms with van der Waals surface area (Å²) in [7, 11) is -1.79. The third kappa shape index (κ3) is 7.20. The Morgan fingerprint density at radius 1 is 0.936 bits per heavy atom. The molecule has 8 heteroatoms.